The summed E-state index contributed by atoms with van der Waals surface area (Å²) in [6, 6.07) is 0. The van der Waals surface area contributed by atoms with Crippen LogP contribution in [0, 0.1) is 39.4 Å². The molecule has 0 heterocycles. The van der Waals surface area contributed by atoms with Crippen molar-refractivity contribution in [1.29, 1.82) is 0 Å². The van der Waals surface area contributed by atoms with E-state index in [9.17, 15) is 9.90 Å². The molecule has 3 nitrogen and oxygen atoms in total. The zero-order valence-electron chi connectivity index (χ0n) is 20.4. The fourth-order valence-electron chi connectivity index (χ4n) is 9.15. The minimum Gasteiger partial charge on any atom is -0.462 e. The summed E-state index contributed by atoms with van der Waals surface area (Å²) in [6.07, 6.45) is 9.59. The molecule has 7 unspecified atom stereocenters. The van der Waals surface area contributed by atoms with Crippen molar-refractivity contribution in [2.24, 2.45) is 39.4 Å². The Morgan fingerprint density at radius 2 is 1.73 bits per heavy atom. The first-order chi connectivity index (χ1) is 13.9. The number of ether oxygens (including phenoxy) is 1. The molecule has 0 radical (unpaired) electrons. The van der Waals surface area contributed by atoms with Crippen LogP contribution >= 0.6 is 0 Å². The highest BCUT2D eigenvalue weighted by atomic mass is 16.5. The topological polar surface area (TPSA) is 46.5 Å². The van der Waals surface area contributed by atoms with E-state index in [1.54, 1.807) is 18.1 Å². The number of hydrogen-bond acceptors (Lipinski definition) is 3. The largest absolute Gasteiger partial charge is 0.462 e. The average molecular weight is 417 g/mol. The minimum absolute atomic E-state index is 0.0163. The number of hydrogen-bond donors (Lipinski definition) is 1. The van der Waals surface area contributed by atoms with Crippen LogP contribution in [0.3, 0.4) is 0 Å². The van der Waals surface area contributed by atoms with Crippen molar-refractivity contribution in [3.8, 4) is 0 Å². The minimum atomic E-state index is -0.136. The Balaban J connectivity index is 1.72. The highest BCUT2D eigenvalue weighted by Crippen LogP contribution is 2.72. The maximum atomic E-state index is 11.7. The predicted molar refractivity (Wildman–Crippen MR) is 121 cm³/mol. The molecule has 4 rings (SSSR count). The van der Waals surface area contributed by atoms with Gasteiger partial charge in [0, 0.05) is 18.9 Å². The summed E-state index contributed by atoms with van der Waals surface area (Å²) in [4.78, 5) is 11.7. The second-order valence-corrected chi connectivity index (χ2v) is 12.5. The Hall–Kier alpha value is -0.830. The van der Waals surface area contributed by atoms with Crippen LogP contribution in [0.1, 0.15) is 99.8 Å². The van der Waals surface area contributed by atoms with Crippen LogP contribution in [-0.2, 0) is 9.53 Å². The molecule has 0 aliphatic heterocycles. The van der Waals surface area contributed by atoms with Crippen LogP contribution in [0.25, 0.3) is 0 Å². The highest BCUT2D eigenvalue weighted by molar-refractivity contribution is 5.66. The number of rotatable bonds is 3. The van der Waals surface area contributed by atoms with Gasteiger partial charge in [-0.3, -0.25) is 4.79 Å². The van der Waals surface area contributed by atoms with Crippen molar-refractivity contribution in [3.63, 3.8) is 0 Å². The molecule has 0 bridgehead atoms. The van der Waals surface area contributed by atoms with Crippen molar-refractivity contribution >= 4 is 5.97 Å². The van der Waals surface area contributed by atoms with Gasteiger partial charge in [-0.25, -0.2) is 0 Å². The van der Waals surface area contributed by atoms with Crippen molar-refractivity contribution < 1.29 is 14.6 Å². The van der Waals surface area contributed by atoms with Crippen molar-refractivity contribution in [2.75, 3.05) is 6.61 Å². The number of carbonyl (C=O) groups excluding carboxylic acids is 1. The zero-order chi connectivity index (χ0) is 22.1. The first-order valence-corrected chi connectivity index (χ1v) is 12.4. The Morgan fingerprint density at radius 1 is 1.03 bits per heavy atom. The monoisotopic (exact) mass is 416 g/mol. The highest BCUT2D eigenvalue weighted by Gasteiger charge is 2.63. The number of esters is 1. The van der Waals surface area contributed by atoms with Gasteiger partial charge < -0.3 is 9.84 Å². The van der Waals surface area contributed by atoms with E-state index >= 15 is 0 Å². The lowest BCUT2D eigenvalue weighted by Gasteiger charge is -2.62. The van der Waals surface area contributed by atoms with Gasteiger partial charge >= 0.3 is 5.97 Å². The van der Waals surface area contributed by atoms with E-state index in [1.807, 2.05) is 0 Å². The van der Waals surface area contributed by atoms with Gasteiger partial charge in [0.05, 0.1) is 0 Å². The lowest BCUT2D eigenvalue weighted by molar-refractivity contribution is -0.167. The van der Waals surface area contributed by atoms with Crippen molar-refractivity contribution in [2.45, 2.75) is 106 Å². The Kier molecular flexibility index (Phi) is 5.28. The molecule has 1 N–H and O–H groups in total. The molecule has 0 aromatic rings. The molecule has 30 heavy (non-hydrogen) atoms. The van der Waals surface area contributed by atoms with E-state index in [4.69, 9.17) is 4.74 Å². The summed E-state index contributed by atoms with van der Waals surface area (Å²) < 4.78 is 5.82. The van der Waals surface area contributed by atoms with E-state index in [0.717, 1.165) is 12.8 Å². The standard InChI is InChI=1S/C27H44O3/c1-17(16-28)19-10-14-27(7)21-8-9-22-24(3,4)23(30-18(2)29)12-13-25(22,5)20(21)11-15-26(19,27)6/h17,19,22-23,28H,8-16H2,1-7H3. The van der Waals surface area contributed by atoms with E-state index < -0.39 is 0 Å². The van der Waals surface area contributed by atoms with Gasteiger partial charge in [-0.2, -0.15) is 0 Å². The van der Waals surface area contributed by atoms with Crippen LogP contribution in [0.2, 0.25) is 0 Å². The Labute approximate surface area is 184 Å². The van der Waals surface area contributed by atoms with Crippen LogP contribution in [0.15, 0.2) is 11.1 Å². The molecule has 4 aliphatic rings. The third-order valence-corrected chi connectivity index (χ3v) is 11.0. The molecule has 7 atom stereocenters. The fraction of sp³-hybridized carbons (Fsp3) is 0.889. The molecule has 0 aromatic carbocycles. The van der Waals surface area contributed by atoms with Gasteiger partial charge in [0.1, 0.15) is 6.10 Å². The quantitative estimate of drug-likeness (QED) is 0.434. The Bertz CT molecular complexity index is 751. The van der Waals surface area contributed by atoms with Crippen molar-refractivity contribution in [3.05, 3.63) is 11.1 Å². The smallest absolute Gasteiger partial charge is 0.302 e. The van der Waals surface area contributed by atoms with Crippen LogP contribution < -0.4 is 0 Å². The fourth-order valence-corrected chi connectivity index (χ4v) is 9.15. The SMILES string of the molecule is CC(=O)OC1CCC2(C)C3=C(CCC2C1(C)C)C1(C)CCC(C(C)CO)C1(C)CC3. The third-order valence-electron chi connectivity index (χ3n) is 11.0. The molecule has 0 saturated heterocycles. The first kappa shape index (κ1) is 22.4. The predicted octanol–water partition coefficient (Wildman–Crippen LogP) is 6.30. The van der Waals surface area contributed by atoms with Gasteiger partial charge in [0.25, 0.3) is 0 Å². The normalized spacial score (nSPS) is 45.9. The summed E-state index contributed by atoms with van der Waals surface area (Å²) in [5.74, 6) is 1.46. The summed E-state index contributed by atoms with van der Waals surface area (Å²) in [6.45, 7) is 16.4. The maximum absolute atomic E-state index is 11.7. The molecule has 2 fully saturated rings. The van der Waals surface area contributed by atoms with Crippen LogP contribution in [0.5, 0.6) is 0 Å². The number of fused-ring (bicyclic) bond motifs is 4. The molecular weight excluding hydrogens is 372 g/mol. The van der Waals surface area contributed by atoms with Crippen LogP contribution in [0.4, 0.5) is 0 Å². The second-order valence-electron chi connectivity index (χ2n) is 12.5. The molecule has 170 valence electrons. The zero-order valence-corrected chi connectivity index (χ0v) is 20.4. The van der Waals surface area contributed by atoms with Gasteiger partial charge in [-0.15, -0.1) is 0 Å². The molecule has 2 saturated carbocycles. The summed E-state index contributed by atoms with van der Waals surface area (Å²) in [5.41, 5.74) is 4.39. The van der Waals surface area contributed by atoms with Crippen molar-refractivity contribution in [1.82, 2.24) is 0 Å². The number of carbonyl (C=O) groups is 1. The molecule has 0 spiro atoms. The number of aliphatic hydroxyl groups excluding tert-OH is 1. The second kappa shape index (κ2) is 7.09. The summed E-state index contributed by atoms with van der Waals surface area (Å²) in [5, 5.41) is 9.91. The average Bonchev–Trinajstić information content (AvgIpc) is 2.95. The van der Waals surface area contributed by atoms with Gasteiger partial charge in [-0.05, 0) is 85.4 Å². The molecule has 3 heteroatoms. The third kappa shape index (κ3) is 2.82. The van der Waals surface area contributed by atoms with E-state index in [2.05, 4.69) is 41.5 Å². The lowest BCUT2D eigenvalue weighted by Crippen LogP contribution is -2.55. The maximum Gasteiger partial charge on any atom is 0.302 e. The van der Waals surface area contributed by atoms with E-state index in [0.29, 0.717) is 29.8 Å². The molecule has 0 aromatic heterocycles. The number of allylic oxidation sites excluding steroid dienone is 2. The van der Waals surface area contributed by atoms with Gasteiger partial charge in [0.2, 0.25) is 0 Å². The molecule has 4 aliphatic carbocycles. The summed E-state index contributed by atoms with van der Waals surface area (Å²) >= 11 is 0. The first-order valence-electron chi connectivity index (χ1n) is 12.4. The Morgan fingerprint density at radius 3 is 2.37 bits per heavy atom. The van der Waals surface area contributed by atoms with Gasteiger partial charge in [0.15, 0.2) is 0 Å². The van der Waals surface area contributed by atoms with Crippen LogP contribution in [-0.4, -0.2) is 23.8 Å². The molecule has 0 amide bonds. The van der Waals surface area contributed by atoms with Gasteiger partial charge in [-0.1, -0.05) is 52.7 Å². The lowest BCUT2D eigenvalue weighted by atomic mass is 9.43. The van der Waals surface area contributed by atoms with E-state index in [-0.39, 0.29) is 28.3 Å². The molecular formula is C27H44O3. The summed E-state index contributed by atoms with van der Waals surface area (Å²) in [7, 11) is 0. The number of aliphatic hydroxyl groups is 1. The van der Waals surface area contributed by atoms with E-state index in [1.165, 1.54) is 38.5 Å².